The largest absolute Gasteiger partial charge is 0.452 e. The van der Waals surface area contributed by atoms with Gasteiger partial charge in [-0.05, 0) is 25.2 Å². The molecule has 2 rings (SSSR count). The van der Waals surface area contributed by atoms with Gasteiger partial charge in [-0.3, -0.25) is 0 Å². The van der Waals surface area contributed by atoms with Crippen molar-refractivity contribution in [3.8, 4) is 11.5 Å². The third kappa shape index (κ3) is 2.81. The van der Waals surface area contributed by atoms with E-state index in [2.05, 4.69) is 5.32 Å². The second-order valence-corrected chi connectivity index (χ2v) is 4.20. The lowest BCUT2D eigenvalue weighted by atomic mass is 10.2. The first-order valence-corrected chi connectivity index (χ1v) is 5.94. The fourth-order valence-electron chi connectivity index (χ4n) is 1.63. The van der Waals surface area contributed by atoms with Crippen molar-refractivity contribution in [2.75, 3.05) is 7.05 Å². The smallest absolute Gasteiger partial charge is 0.167 e. The molecular weight excluding hydrogens is 253 g/mol. The molecule has 1 N–H and O–H groups in total. The minimum absolute atomic E-state index is 0.208. The summed E-state index contributed by atoms with van der Waals surface area (Å²) >= 11 is 5.99. The van der Waals surface area contributed by atoms with E-state index in [1.54, 1.807) is 37.4 Å². The van der Waals surface area contributed by atoms with Crippen molar-refractivity contribution in [2.24, 2.45) is 0 Å². The van der Waals surface area contributed by atoms with Crippen LogP contribution in [-0.2, 0) is 6.54 Å². The van der Waals surface area contributed by atoms with E-state index < -0.39 is 5.82 Å². The van der Waals surface area contributed by atoms with Crippen LogP contribution in [0.5, 0.6) is 11.5 Å². The van der Waals surface area contributed by atoms with Crippen molar-refractivity contribution in [3.05, 3.63) is 58.9 Å². The Hall–Kier alpha value is -1.58. The third-order valence-electron chi connectivity index (χ3n) is 2.46. The van der Waals surface area contributed by atoms with Crippen molar-refractivity contribution in [3.63, 3.8) is 0 Å². The zero-order valence-corrected chi connectivity index (χ0v) is 10.7. The van der Waals surface area contributed by atoms with Crippen LogP contribution in [-0.4, -0.2) is 7.05 Å². The predicted octanol–water partition coefficient (Wildman–Crippen LogP) is 3.99. The summed E-state index contributed by atoms with van der Waals surface area (Å²) in [6.07, 6.45) is 0. The van der Waals surface area contributed by atoms with Gasteiger partial charge in [0, 0.05) is 12.1 Å². The summed E-state index contributed by atoms with van der Waals surface area (Å²) in [5.74, 6) is 0.254. The van der Waals surface area contributed by atoms with E-state index in [4.69, 9.17) is 16.3 Å². The van der Waals surface area contributed by atoms with Crippen LogP contribution in [0, 0.1) is 5.82 Å². The van der Waals surface area contributed by atoms with Gasteiger partial charge in [0.15, 0.2) is 11.6 Å². The average Bonchev–Trinajstić information content (AvgIpc) is 2.36. The molecule has 0 aliphatic carbocycles. The fourth-order valence-corrected chi connectivity index (χ4v) is 1.81. The molecule has 18 heavy (non-hydrogen) atoms. The molecule has 94 valence electrons. The molecule has 0 atom stereocenters. The predicted molar refractivity (Wildman–Crippen MR) is 70.7 cm³/mol. The van der Waals surface area contributed by atoms with E-state index in [0.717, 1.165) is 5.56 Å². The topological polar surface area (TPSA) is 21.3 Å². The fraction of sp³-hybridized carbons (Fsp3) is 0.143. The molecule has 0 saturated heterocycles. The molecule has 0 heterocycles. The first-order valence-electron chi connectivity index (χ1n) is 5.56. The van der Waals surface area contributed by atoms with Gasteiger partial charge in [-0.15, -0.1) is 0 Å². The Balaban J connectivity index is 2.36. The van der Waals surface area contributed by atoms with Gasteiger partial charge in [0.05, 0.1) is 5.02 Å². The summed E-state index contributed by atoms with van der Waals surface area (Å²) in [6.45, 7) is 0.525. The van der Waals surface area contributed by atoms with Gasteiger partial charge in [-0.1, -0.05) is 35.9 Å². The summed E-state index contributed by atoms with van der Waals surface area (Å²) in [7, 11) is 1.80. The molecule has 2 nitrogen and oxygen atoms in total. The Morgan fingerprint density at radius 3 is 2.67 bits per heavy atom. The van der Waals surface area contributed by atoms with Crippen LogP contribution in [0.3, 0.4) is 0 Å². The van der Waals surface area contributed by atoms with Gasteiger partial charge in [0.2, 0.25) is 0 Å². The Morgan fingerprint density at radius 1 is 1.17 bits per heavy atom. The molecule has 0 aliphatic heterocycles. The molecule has 0 bridgehead atoms. The first kappa shape index (κ1) is 12.9. The van der Waals surface area contributed by atoms with Crippen molar-refractivity contribution in [1.82, 2.24) is 5.32 Å². The SMILES string of the molecule is CNCc1cccc(F)c1Oc1ccccc1Cl. The van der Waals surface area contributed by atoms with Gasteiger partial charge >= 0.3 is 0 Å². The lowest BCUT2D eigenvalue weighted by molar-refractivity contribution is 0.435. The van der Waals surface area contributed by atoms with Gasteiger partial charge in [0.1, 0.15) is 5.75 Å². The molecule has 4 heteroatoms. The van der Waals surface area contributed by atoms with Crippen LogP contribution >= 0.6 is 11.6 Å². The molecular formula is C14H13ClFNO. The van der Waals surface area contributed by atoms with Crippen LogP contribution in [0.4, 0.5) is 4.39 Å². The highest BCUT2D eigenvalue weighted by Crippen LogP contribution is 2.32. The highest BCUT2D eigenvalue weighted by Gasteiger charge is 2.11. The van der Waals surface area contributed by atoms with Crippen molar-refractivity contribution >= 4 is 11.6 Å². The lowest BCUT2D eigenvalue weighted by Gasteiger charge is -2.12. The van der Waals surface area contributed by atoms with Crippen LogP contribution < -0.4 is 10.1 Å². The monoisotopic (exact) mass is 265 g/mol. The van der Waals surface area contributed by atoms with Gasteiger partial charge in [0.25, 0.3) is 0 Å². The minimum atomic E-state index is -0.400. The van der Waals surface area contributed by atoms with E-state index in [1.165, 1.54) is 6.07 Å². The minimum Gasteiger partial charge on any atom is -0.452 e. The summed E-state index contributed by atoms with van der Waals surface area (Å²) in [6, 6.07) is 11.8. The van der Waals surface area contributed by atoms with Gasteiger partial charge < -0.3 is 10.1 Å². The summed E-state index contributed by atoms with van der Waals surface area (Å²) in [4.78, 5) is 0. The third-order valence-corrected chi connectivity index (χ3v) is 2.78. The summed E-state index contributed by atoms with van der Waals surface area (Å²) in [5.41, 5.74) is 0.748. The number of hydrogen-bond donors (Lipinski definition) is 1. The lowest BCUT2D eigenvalue weighted by Crippen LogP contribution is -2.07. The number of nitrogens with one attached hydrogen (secondary N) is 1. The van der Waals surface area contributed by atoms with E-state index in [9.17, 15) is 4.39 Å². The molecule has 0 radical (unpaired) electrons. The zero-order chi connectivity index (χ0) is 13.0. The van der Waals surface area contributed by atoms with Crippen LogP contribution in [0.2, 0.25) is 5.02 Å². The summed E-state index contributed by atoms with van der Waals surface area (Å²) < 4.78 is 19.4. The van der Waals surface area contributed by atoms with E-state index in [1.807, 2.05) is 6.07 Å². The maximum absolute atomic E-state index is 13.8. The molecule has 0 spiro atoms. The molecule has 2 aromatic carbocycles. The Morgan fingerprint density at radius 2 is 1.94 bits per heavy atom. The molecule has 2 aromatic rings. The van der Waals surface area contributed by atoms with Crippen molar-refractivity contribution in [2.45, 2.75) is 6.54 Å². The second kappa shape index (κ2) is 5.85. The molecule has 0 saturated carbocycles. The molecule has 0 aliphatic rings. The zero-order valence-electron chi connectivity index (χ0n) is 9.91. The summed E-state index contributed by atoms with van der Waals surface area (Å²) in [5, 5.41) is 3.43. The number of ether oxygens (including phenoxy) is 1. The van der Waals surface area contributed by atoms with Crippen LogP contribution in [0.15, 0.2) is 42.5 Å². The van der Waals surface area contributed by atoms with Crippen molar-refractivity contribution in [1.29, 1.82) is 0 Å². The van der Waals surface area contributed by atoms with Crippen molar-refractivity contribution < 1.29 is 9.13 Å². The van der Waals surface area contributed by atoms with E-state index in [0.29, 0.717) is 17.3 Å². The van der Waals surface area contributed by atoms with Gasteiger partial charge in [-0.2, -0.15) is 0 Å². The van der Waals surface area contributed by atoms with Crippen LogP contribution in [0.25, 0.3) is 0 Å². The number of halogens is 2. The quantitative estimate of drug-likeness (QED) is 0.902. The highest BCUT2D eigenvalue weighted by atomic mass is 35.5. The first-order chi connectivity index (χ1) is 8.72. The van der Waals surface area contributed by atoms with E-state index >= 15 is 0 Å². The molecule has 0 amide bonds. The number of rotatable bonds is 4. The highest BCUT2D eigenvalue weighted by molar-refractivity contribution is 6.32. The molecule has 0 unspecified atom stereocenters. The Bertz CT molecular complexity index is 545. The second-order valence-electron chi connectivity index (χ2n) is 3.79. The average molecular weight is 266 g/mol. The molecule has 0 aromatic heterocycles. The number of benzene rings is 2. The Labute approximate surface area is 110 Å². The Kier molecular flexibility index (Phi) is 4.18. The normalized spacial score (nSPS) is 10.4. The number of para-hydroxylation sites is 2. The van der Waals surface area contributed by atoms with E-state index in [-0.39, 0.29) is 5.75 Å². The van der Waals surface area contributed by atoms with Gasteiger partial charge in [-0.25, -0.2) is 4.39 Å². The standard InChI is InChI=1S/C14H13ClFNO/c1-17-9-10-5-4-7-12(16)14(10)18-13-8-3-2-6-11(13)15/h2-8,17H,9H2,1H3. The number of hydrogen-bond acceptors (Lipinski definition) is 2. The van der Waals surface area contributed by atoms with Crippen LogP contribution in [0.1, 0.15) is 5.56 Å². The maximum Gasteiger partial charge on any atom is 0.167 e. The maximum atomic E-state index is 13.8. The molecule has 0 fully saturated rings.